The minimum atomic E-state index is -1.77. The fourth-order valence-electron chi connectivity index (χ4n) is 5.02. The van der Waals surface area contributed by atoms with Gasteiger partial charge in [-0.05, 0) is 54.9 Å². The number of methoxy groups -OCH3 is 4. The van der Waals surface area contributed by atoms with Gasteiger partial charge in [0.05, 0.1) is 34.4 Å². The van der Waals surface area contributed by atoms with Crippen LogP contribution in [0.25, 0.3) is 0 Å². The molecule has 0 aliphatic rings. The molecule has 41 heavy (non-hydrogen) atoms. The summed E-state index contributed by atoms with van der Waals surface area (Å²) in [5, 5.41) is 10.1. The number of carboxylic acid groups (broad SMARTS) is 1. The maximum absolute atomic E-state index is 12.1. The van der Waals surface area contributed by atoms with E-state index in [0.717, 1.165) is 56.3 Å². The van der Waals surface area contributed by atoms with Crippen molar-refractivity contribution in [3.63, 3.8) is 0 Å². The zero-order chi connectivity index (χ0) is 30.6. The van der Waals surface area contributed by atoms with Crippen molar-refractivity contribution in [3.8, 4) is 23.0 Å². The summed E-state index contributed by atoms with van der Waals surface area (Å²) in [5.41, 5.74) is 1.84. The smallest absolute Gasteiger partial charge is 0.310 e. The molecule has 0 amide bonds. The Labute approximate surface area is 248 Å². The number of rotatable bonds is 18. The number of hydrogen-bond donors (Lipinski definition) is 1. The topological polar surface area (TPSA) is 83.5 Å². The number of aliphatic carboxylic acids is 1. The Morgan fingerprint density at radius 1 is 0.829 bits per heavy atom. The van der Waals surface area contributed by atoms with Crippen LogP contribution in [0.2, 0.25) is 18.1 Å². The molecular formula is C33H52O7Si. The third-order valence-electron chi connectivity index (χ3n) is 8.46. The lowest BCUT2D eigenvalue weighted by molar-refractivity contribution is -0.139. The van der Waals surface area contributed by atoms with Crippen molar-refractivity contribution in [2.24, 2.45) is 5.92 Å². The summed E-state index contributed by atoms with van der Waals surface area (Å²) in [5.74, 6) is 1.29. The molecule has 2 rings (SSSR count). The number of carboxylic acids is 1. The second-order valence-corrected chi connectivity index (χ2v) is 17.1. The zero-order valence-electron chi connectivity index (χ0n) is 26.7. The largest absolute Gasteiger partial charge is 0.493 e. The van der Waals surface area contributed by atoms with Gasteiger partial charge in [-0.3, -0.25) is 4.79 Å². The second-order valence-electron chi connectivity index (χ2n) is 12.2. The molecule has 7 nitrogen and oxygen atoms in total. The van der Waals surface area contributed by atoms with Gasteiger partial charge in [0.25, 0.3) is 0 Å². The average Bonchev–Trinajstić information content (AvgIpc) is 2.93. The maximum atomic E-state index is 12.1. The Bertz CT molecular complexity index is 1080. The van der Waals surface area contributed by atoms with Crippen molar-refractivity contribution in [3.05, 3.63) is 47.5 Å². The van der Waals surface area contributed by atoms with Crippen LogP contribution in [0.3, 0.4) is 0 Å². The lowest BCUT2D eigenvalue weighted by Crippen LogP contribution is -2.40. The molecule has 0 spiro atoms. The van der Waals surface area contributed by atoms with Gasteiger partial charge >= 0.3 is 5.97 Å². The summed E-state index contributed by atoms with van der Waals surface area (Å²) in [6.45, 7) is 12.1. The van der Waals surface area contributed by atoms with Gasteiger partial charge in [0.2, 0.25) is 11.5 Å². The summed E-state index contributed by atoms with van der Waals surface area (Å²) < 4.78 is 29.1. The monoisotopic (exact) mass is 588 g/mol. The SMILES string of the molecule is COc1cc(CC(CCCCO[Si](C)(C)C(C)(C)C)CCCC(C(=O)O)c2ccccc2)c(OC)c(OC)c1OC. The van der Waals surface area contributed by atoms with Crippen LogP contribution >= 0.6 is 0 Å². The van der Waals surface area contributed by atoms with Crippen molar-refractivity contribution >= 4 is 14.3 Å². The maximum Gasteiger partial charge on any atom is 0.310 e. The molecule has 2 unspecified atom stereocenters. The molecule has 0 aliphatic carbocycles. The van der Waals surface area contributed by atoms with E-state index in [1.54, 1.807) is 28.4 Å². The van der Waals surface area contributed by atoms with E-state index >= 15 is 0 Å². The number of ether oxygens (including phenoxy) is 4. The molecule has 0 saturated carbocycles. The number of carbonyl (C=O) groups is 1. The molecule has 230 valence electrons. The van der Waals surface area contributed by atoms with E-state index in [4.69, 9.17) is 23.4 Å². The average molecular weight is 589 g/mol. The summed E-state index contributed by atoms with van der Waals surface area (Å²) in [4.78, 5) is 12.1. The first-order valence-corrected chi connectivity index (χ1v) is 17.6. The van der Waals surface area contributed by atoms with Crippen molar-refractivity contribution in [1.29, 1.82) is 0 Å². The molecule has 0 fully saturated rings. The van der Waals surface area contributed by atoms with E-state index in [9.17, 15) is 9.90 Å². The normalized spacial score (nSPS) is 13.4. The van der Waals surface area contributed by atoms with E-state index in [0.29, 0.717) is 35.3 Å². The molecule has 2 aromatic rings. The predicted molar refractivity (Wildman–Crippen MR) is 168 cm³/mol. The zero-order valence-corrected chi connectivity index (χ0v) is 27.7. The van der Waals surface area contributed by atoms with Crippen LogP contribution in [0.4, 0.5) is 0 Å². The van der Waals surface area contributed by atoms with Gasteiger partial charge in [0, 0.05) is 12.2 Å². The molecule has 8 heteroatoms. The van der Waals surface area contributed by atoms with Gasteiger partial charge < -0.3 is 28.5 Å². The first-order chi connectivity index (χ1) is 19.4. The predicted octanol–water partition coefficient (Wildman–Crippen LogP) is 8.11. The first-order valence-electron chi connectivity index (χ1n) is 14.7. The standard InChI is InChI=1S/C33H52O7Si/c1-33(2,3)41(8,9)40-21-14-13-16-24(17-15-20-27(32(34)35)25-18-11-10-12-19-25)22-26-23-28(36-4)30(38-6)31(39-7)29(26)37-5/h10-12,18-19,23-24,27H,13-17,20-22H2,1-9H3,(H,34,35). The van der Waals surface area contributed by atoms with Crippen LogP contribution in [-0.2, 0) is 15.6 Å². The summed E-state index contributed by atoms with van der Waals surface area (Å²) >= 11 is 0. The van der Waals surface area contributed by atoms with Crippen LogP contribution < -0.4 is 18.9 Å². The van der Waals surface area contributed by atoms with E-state index in [2.05, 4.69) is 33.9 Å². The summed E-state index contributed by atoms with van der Waals surface area (Å²) in [7, 11) is 4.66. The first kappa shape index (κ1) is 34.5. The van der Waals surface area contributed by atoms with Crippen LogP contribution in [0.15, 0.2) is 36.4 Å². The molecule has 2 aromatic carbocycles. The third-order valence-corrected chi connectivity index (χ3v) is 13.0. The Kier molecular flexibility index (Phi) is 13.5. The van der Waals surface area contributed by atoms with Crippen LogP contribution in [0.1, 0.15) is 76.3 Å². The molecule has 0 aromatic heterocycles. The highest BCUT2D eigenvalue weighted by atomic mass is 28.4. The van der Waals surface area contributed by atoms with Crippen LogP contribution in [-0.4, -0.2) is 54.4 Å². The van der Waals surface area contributed by atoms with Crippen LogP contribution in [0.5, 0.6) is 23.0 Å². The second kappa shape index (κ2) is 16.1. The van der Waals surface area contributed by atoms with Crippen molar-refractivity contribution in [2.45, 2.75) is 89.8 Å². The van der Waals surface area contributed by atoms with E-state index in [1.165, 1.54) is 0 Å². The Balaban J connectivity index is 2.21. The van der Waals surface area contributed by atoms with Gasteiger partial charge in [0.1, 0.15) is 0 Å². The molecule has 0 bridgehead atoms. The Morgan fingerprint density at radius 3 is 1.98 bits per heavy atom. The fraction of sp³-hybridized carbons (Fsp3) is 0.606. The number of unbranched alkanes of at least 4 members (excludes halogenated alkanes) is 1. The molecular weight excluding hydrogens is 536 g/mol. The number of benzene rings is 2. The van der Waals surface area contributed by atoms with Crippen LogP contribution in [0, 0.1) is 5.92 Å². The van der Waals surface area contributed by atoms with Crippen molar-refractivity contribution in [1.82, 2.24) is 0 Å². The molecule has 0 aliphatic heterocycles. The lowest BCUT2D eigenvalue weighted by Gasteiger charge is -2.36. The minimum absolute atomic E-state index is 0.192. The van der Waals surface area contributed by atoms with E-state index < -0.39 is 20.2 Å². The Hall–Kier alpha value is -2.71. The highest BCUT2D eigenvalue weighted by molar-refractivity contribution is 6.74. The highest BCUT2D eigenvalue weighted by Gasteiger charge is 2.36. The Morgan fingerprint density at radius 2 is 1.44 bits per heavy atom. The summed E-state index contributed by atoms with van der Waals surface area (Å²) in [6, 6.07) is 11.5. The van der Waals surface area contributed by atoms with Gasteiger partial charge in [-0.2, -0.15) is 0 Å². The van der Waals surface area contributed by atoms with E-state index in [1.807, 2.05) is 36.4 Å². The highest BCUT2D eigenvalue weighted by Crippen LogP contribution is 2.47. The molecule has 0 heterocycles. The fourth-order valence-corrected chi connectivity index (χ4v) is 6.11. The lowest BCUT2D eigenvalue weighted by atomic mass is 9.86. The van der Waals surface area contributed by atoms with Gasteiger partial charge in [-0.1, -0.05) is 76.8 Å². The third kappa shape index (κ3) is 9.67. The van der Waals surface area contributed by atoms with Crippen molar-refractivity contribution in [2.75, 3.05) is 35.0 Å². The van der Waals surface area contributed by atoms with Gasteiger partial charge in [-0.25, -0.2) is 0 Å². The van der Waals surface area contributed by atoms with Crippen molar-refractivity contribution < 1.29 is 33.3 Å². The minimum Gasteiger partial charge on any atom is -0.493 e. The van der Waals surface area contributed by atoms with Gasteiger partial charge in [0.15, 0.2) is 19.8 Å². The van der Waals surface area contributed by atoms with E-state index in [-0.39, 0.29) is 5.04 Å². The molecule has 1 N–H and O–H groups in total. The molecule has 2 atom stereocenters. The van der Waals surface area contributed by atoms with Gasteiger partial charge in [-0.15, -0.1) is 0 Å². The quantitative estimate of drug-likeness (QED) is 0.139. The number of hydrogen-bond acceptors (Lipinski definition) is 6. The molecule has 0 radical (unpaired) electrons. The summed E-state index contributed by atoms with van der Waals surface area (Å²) in [6.07, 6.45) is 6.10. The molecule has 0 saturated heterocycles.